The first-order valence-corrected chi connectivity index (χ1v) is 6.15. The summed E-state index contributed by atoms with van der Waals surface area (Å²) < 4.78 is 0. The fraction of sp³-hybridized carbons (Fsp3) is 0.167. The van der Waals surface area contributed by atoms with Crippen LogP contribution >= 0.6 is 23.2 Å². The second kappa shape index (κ2) is 5.00. The number of nitrogen functional groups attached to an aromatic ring is 2. The molecule has 2 rings (SSSR count). The highest BCUT2D eigenvalue weighted by Gasteiger charge is 2.15. The smallest absolute Gasteiger partial charge is 0.222 e. The van der Waals surface area contributed by atoms with Gasteiger partial charge in [-0.25, -0.2) is 4.98 Å². The van der Waals surface area contributed by atoms with Gasteiger partial charge in [0.05, 0.1) is 5.69 Å². The van der Waals surface area contributed by atoms with E-state index < -0.39 is 0 Å². The molecule has 0 radical (unpaired) electrons. The first-order valence-electron chi connectivity index (χ1n) is 5.40. The number of anilines is 2. The van der Waals surface area contributed by atoms with Crippen LogP contribution in [0.5, 0.6) is 0 Å². The first-order chi connectivity index (χ1) is 8.52. The van der Waals surface area contributed by atoms with E-state index in [4.69, 9.17) is 34.7 Å². The average Bonchev–Trinajstić information content (AvgIpc) is 2.32. The quantitative estimate of drug-likeness (QED) is 0.887. The van der Waals surface area contributed by atoms with E-state index in [1.807, 2.05) is 6.92 Å². The molecule has 4 nitrogen and oxygen atoms in total. The molecule has 0 fully saturated rings. The molecule has 94 valence electrons. The van der Waals surface area contributed by atoms with Crippen molar-refractivity contribution in [3.05, 3.63) is 33.9 Å². The molecule has 0 aliphatic heterocycles. The van der Waals surface area contributed by atoms with Gasteiger partial charge in [0.25, 0.3) is 0 Å². The number of hydrogen-bond donors (Lipinski definition) is 2. The Bertz CT molecular complexity index is 599. The van der Waals surface area contributed by atoms with Gasteiger partial charge in [0, 0.05) is 21.2 Å². The van der Waals surface area contributed by atoms with E-state index in [2.05, 4.69) is 9.97 Å². The molecule has 1 aromatic heterocycles. The Morgan fingerprint density at radius 3 is 2.56 bits per heavy atom. The van der Waals surface area contributed by atoms with E-state index >= 15 is 0 Å². The van der Waals surface area contributed by atoms with Gasteiger partial charge in [-0.15, -0.1) is 0 Å². The van der Waals surface area contributed by atoms with Crippen molar-refractivity contribution in [1.29, 1.82) is 0 Å². The minimum absolute atomic E-state index is 0.159. The Kier molecular flexibility index (Phi) is 3.59. The third kappa shape index (κ3) is 2.35. The summed E-state index contributed by atoms with van der Waals surface area (Å²) in [5.74, 6) is 0.467. The van der Waals surface area contributed by atoms with Crippen LogP contribution in [-0.2, 0) is 6.42 Å². The number of halogens is 2. The summed E-state index contributed by atoms with van der Waals surface area (Å²) in [6.07, 6.45) is 0.676. The lowest BCUT2D eigenvalue weighted by Gasteiger charge is -2.12. The zero-order chi connectivity index (χ0) is 13.3. The molecule has 6 heteroatoms. The molecule has 0 aliphatic rings. The molecule has 0 aliphatic carbocycles. The van der Waals surface area contributed by atoms with E-state index in [1.165, 1.54) is 0 Å². The topological polar surface area (TPSA) is 77.8 Å². The number of benzene rings is 1. The fourth-order valence-corrected chi connectivity index (χ4v) is 2.17. The SMILES string of the molecule is CCc1nc(N)nc(N)c1-c1cc(Cl)ccc1Cl. The Labute approximate surface area is 115 Å². The van der Waals surface area contributed by atoms with E-state index in [9.17, 15) is 0 Å². The second-order valence-electron chi connectivity index (χ2n) is 3.77. The van der Waals surface area contributed by atoms with Crippen molar-refractivity contribution in [2.24, 2.45) is 0 Å². The summed E-state index contributed by atoms with van der Waals surface area (Å²) in [7, 11) is 0. The Morgan fingerprint density at radius 1 is 1.17 bits per heavy atom. The van der Waals surface area contributed by atoms with Gasteiger partial charge in [-0.05, 0) is 24.6 Å². The maximum atomic E-state index is 6.17. The van der Waals surface area contributed by atoms with Gasteiger partial charge in [-0.1, -0.05) is 30.1 Å². The van der Waals surface area contributed by atoms with Crippen LogP contribution < -0.4 is 11.5 Å². The lowest BCUT2D eigenvalue weighted by Crippen LogP contribution is -2.06. The van der Waals surface area contributed by atoms with Crippen molar-refractivity contribution in [2.75, 3.05) is 11.5 Å². The molecule has 0 amide bonds. The molecular weight excluding hydrogens is 271 g/mol. The highest BCUT2D eigenvalue weighted by molar-refractivity contribution is 6.35. The average molecular weight is 283 g/mol. The van der Waals surface area contributed by atoms with Gasteiger partial charge in [0.2, 0.25) is 5.95 Å². The number of aromatic nitrogens is 2. The normalized spacial score (nSPS) is 10.6. The van der Waals surface area contributed by atoms with Crippen LogP contribution in [0.2, 0.25) is 10.0 Å². The number of nitrogens with two attached hydrogens (primary N) is 2. The zero-order valence-electron chi connectivity index (χ0n) is 9.74. The Balaban J connectivity index is 2.74. The maximum absolute atomic E-state index is 6.17. The highest BCUT2D eigenvalue weighted by atomic mass is 35.5. The van der Waals surface area contributed by atoms with E-state index in [-0.39, 0.29) is 5.95 Å². The summed E-state index contributed by atoms with van der Waals surface area (Å²) in [6.45, 7) is 1.96. The number of hydrogen-bond acceptors (Lipinski definition) is 4. The van der Waals surface area contributed by atoms with E-state index in [0.29, 0.717) is 27.8 Å². The number of rotatable bonds is 2. The molecular formula is C12H12Cl2N4. The first kappa shape index (κ1) is 12.9. The summed E-state index contributed by atoms with van der Waals surface area (Å²) >= 11 is 12.2. The standard InChI is InChI=1S/C12H12Cl2N4/c1-2-9-10(11(15)18-12(16)17-9)7-5-6(13)3-4-8(7)14/h3-5H,2H2,1H3,(H4,15,16,17,18). The van der Waals surface area contributed by atoms with Gasteiger partial charge in [-0.3, -0.25) is 0 Å². The Hall–Kier alpha value is -1.52. The molecule has 0 saturated carbocycles. The number of nitrogens with zero attached hydrogens (tertiary/aromatic N) is 2. The van der Waals surface area contributed by atoms with Crippen LogP contribution in [-0.4, -0.2) is 9.97 Å². The minimum Gasteiger partial charge on any atom is -0.383 e. The zero-order valence-corrected chi connectivity index (χ0v) is 11.3. The van der Waals surface area contributed by atoms with Crippen LogP contribution in [0.4, 0.5) is 11.8 Å². The summed E-state index contributed by atoms with van der Waals surface area (Å²) in [5, 5.41) is 1.13. The molecule has 4 N–H and O–H groups in total. The molecule has 2 aromatic rings. The molecule has 0 atom stereocenters. The maximum Gasteiger partial charge on any atom is 0.222 e. The molecule has 1 aromatic carbocycles. The summed E-state index contributed by atoms with van der Waals surface area (Å²) in [5.41, 5.74) is 13.7. The van der Waals surface area contributed by atoms with Crippen molar-refractivity contribution in [1.82, 2.24) is 9.97 Å². The lowest BCUT2D eigenvalue weighted by atomic mass is 10.0. The molecule has 0 saturated heterocycles. The Morgan fingerprint density at radius 2 is 1.89 bits per heavy atom. The predicted molar refractivity (Wildman–Crippen MR) is 75.7 cm³/mol. The van der Waals surface area contributed by atoms with Gasteiger partial charge in [0.15, 0.2) is 0 Å². The summed E-state index contributed by atoms with van der Waals surface area (Å²) in [4.78, 5) is 8.16. The van der Waals surface area contributed by atoms with Crippen molar-refractivity contribution >= 4 is 35.0 Å². The molecule has 0 spiro atoms. The van der Waals surface area contributed by atoms with Crippen LogP contribution in [0.1, 0.15) is 12.6 Å². The van der Waals surface area contributed by atoms with E-state index in [1.54, 1.807) is 18.2 Å². The van der Waals surface area contributed by atoms with Crippen molar-refractivity contribution in [2.45, 2.75) is 13.3 Å². The molecule has 1 heterocycles. The lowest BCUT2D eigenvalue weighted by molar-refractivity contribution is 1.02. The largest absolute Gasteiger partial charge is 0.383 e. The van der Waals surface area contributed by atoms with Crippen LogP contribution in [0.3, 0.4) is 0 Å². The fourth-order valence-electron chi connectivity index (χ4n) is 1.78. The molecule has 0 unspecified atom stereocenters. The predicted octanol–water partition coefficient (Wildman–Crippen LogP) is 3.18. The van der Waals surface area contributed by atoms with Crippen LogP contribution in [0.25, 0.3) is 11.1 Å². The molecule has 0 bridgehead atoms. The van der Waals surface area contributed by atoms with Gasteiger partial charge in [-0.2, -0.15) is 4.98 Å². The van der Waals surface area contributed by atoms with Crippen molar-refractivity contribution in [3.63, 3.8) is 0 Å². The van der Waals surface area contributed by atoms with Gasteiger partial charge in [0.1, 0.15) is 5.82 Å². The van der Waals surface area contributed by atoms with Crippen molar-refractivity contribution in [3.8, 4) is 11.1 Å². The highest BCUT2D eigenvalue weighted by Crippen LogP contribution is 2.35. The summed E-state index contributed by atoms with van der Waals surface area (Å²) in [6, 6.07) is 5.18. The second-order valence-corrected chi connectivity index (χ2v) is 4.61. The van der Waals surface area contributed by atoms with Crippen LogP contribution in [0.15, 0.2) is 18.2 Å². The van der Waals surface area contributed by atoms with Gasteiger partial charge < -0.3 is 11.5 Å². The minimum atomic E-state index is 0.159. The van der Waals surface area contributed by atoms with E-state index in [0.717, 1.165) is 11.3 Å². The van der Waals surface area contributed by atoms with Crippen molar-refractivity contribution < 1.29 is 0 Å². The molecule has 18 heavy (non-hydrogen) atoms. The third-order valence-corrected chi connectivity index (χ3v) is 3.13. The third-order valence-electron chi connectivity index (χ3n) is 2.56. The number of aryl methyl sites for hydroxylation is 1. The monoisotopic (exact) mass is 282 g/mol. The van der Waals surface area contributed by atoms with Crippen LogP contribution in [0, 0.1) is 0 Å². The van der Waals surface area contributed by atoms with Gasteiger partial charge >= 0.3 is 0 Å².